The molecule has 1 aliphatic heterocycles. The number of hydrogen-bond acceptors (Lipinski definition) is 7. The average molecular weight is 393 g/mol. The first-order valence-electron chi connectivity index (χ1n) is 9.44. The Kier molecular flexibility index (Phi) is 5.03. The van der Waals surface area contributed by atoms with Gasteiger partial charge in [0.05, 0.1) is 0 Å². The second-order valence-corrected chi connectivity index (χ2v) is 7.10. The summed E-state index contributed by atoms with van der Waals surface area (Å²) in [5, 5.41) is 6.68. The summed E-state index contributed by atoms with van der Waals surface area (Å²) in [4.78, 5) is 34.8. The molecular formula is C20H23N7O2. The molecule has 1 aromatic carbocycles. The van der Waals surface area contributed by atoms with Crippen molar-refractivity contribution in [1.82, 2.24) is 19.1 Å². The van der Waals surface area contributed by atoms with Gasteiger partial charge in [-0.2, -0.15) is 0 Å². The molecule has 9 nitrogen and oxygen atoms in total. The number of rotatable bonds is 5. The van der Waals surface area contributed by atoms with Gasteiger partial charge in [-0.3, -0.25) is 13.9 Å². The van der Waals surface area contributed by atoms with Crippen LogP contribution in [0.1, 0.15) is 6.42 Å². The van der Waals surface area contributed by atoms with Crippen molar-refractivity contribution in [1.29, 1.82) is 0 Å². The topological polar surface area (TPSA) is 97.1 Å². The number of aromatic nitrogens is 4. The normalized spacial score (nSPS) is 16.1. The molecular weight excluding hydrogens is 370 g/mol. The lowest BCUT2D eigenvalue weighted by Crippen LogP contribution is -2.40. The Morgan fingerprint density at radius 2 is 1.76 bits per heavy atom. The fourth-order valence-electron chi connectivity index (χ4n) is 3.49. The van der Waals surface area contributed by atoms with Gasteiger partial charge in [-0.15, -0.1) is 0 Å². The van der Waals surface area contributed by atoms with E-state index in [0.717, 1.165) is 29.0 Å². The van der Waals surface area contributed by atoms with Gasteiger partial charge < -0.3 is 15.5 Å². The second kappa shape index (κ2) is 7.78. The third-order valence-corrected chi connectivity index (χ3v) is 5.08. The van der Waals surface area contributed by atoms with Crippen LogP contribution >= 0.6 is 0 Å². The fourth-order valence-corrected chi connectivity index (χ4v) is 3.49. The molecule has 0 saturated carbocycles. The van der Waals surface area contributed by atoms with Gasteiger partial charge in [0.1, 0.15) is 23.8 Å². The van der Waals surface area contributed by atoms with Crippen molar-refractivity contribution < 1.29 is 0 Å². The van der Waals surface area contributed by atoms with Crippen LogP contribution in [0.4, 0.5) is 23.1 Å². The summed E-state index contributed by atoms with van der Waals surface area (Å²) < 4.78 is 2.62. The number of hydrogen-bond donors (Lipinski definition) is 2. The van der Waals surface area contributed by atoms with Crippen LogP contribution < -0.4 is 26.8 Å². The highest BCUT2D eigenvalue weighted by Gasteiger charge is 2.25. The van der Waals surface area contributed by atoms with Crippen LogP contribution in [0.3, 0.4) is 0 Å². The maximum absolute atomic E-state index is 12.2. The summed E-state index contributed by atoms with van der Waals surface area (Å²) in [6.45, 7) is 1.42. The molecule has 0 bridgehead atoms. The van der Waals surface area contributed by atoms with Crippen molar-refractivity contribution in [2.75, 3.05) is 28.6 Å². The predicted octanol–water partition coefficient (Wildman–Crippen LogP) is 1.31. The Hall–Kier alpha value is -3.62. The second-order valence-electron chi connectivity index (χ2n) is 7.10. The zero-order valence-corrected chi connectivity index (χ0v) is 16.4. The SMILES string of the molecule is Cn1c(N2CC[C@@H](Nc3cc(Nc4ccccc4)ncn3)C2)cc(=O)n(C)c1=O. The van der Waals surface area contributed by atoms with Crippen molar-refractivity contribution >= 4 is 23.1 Å². The molecule has 4 rings (SSSR count). The van der Waals surface area contributed by atoms with E-state index in [1.807, 2.05) is 41.3 Å². The van der Waals surface area contributed by atoms with Crippen molar-refractivity contribution in [2.24, 2.45) is 14.1 Å². The molecule has 29 heavy (non-hydrogen) atoms. The molecule has 1 aliphatic rings. The Balaban J connectivity index is 1.45. The molecule has 9 heteroatoms. The smallest absolute Gasteiger partial charge is 0.332 e. The lowest BCUT2D eigenvalue weighted by atomic mass is 10.2. The van der Waals surface area contributed by atoms with Crippen LogP contribution in [-0.4, -0.2) is 38.2 Å². The summed E-state index contributed by atoms with van der Waals surface area (Å²) >= 11 is 0. The Bertz CT molecular complexity index is 1120. The third-order valence-electron chi connectivity index (χ3n) is 5.08. The monoisotopic (exact) mass is 393 g/mol. The van der Waals surface area contributed by atoms with Crippen molar-refractivity contribution in [2.45, 2.75) is 12.5 Å². The summed E-state index contributed by atoms with van der Waals surface area (Å²) in [5.74, 6) is 2.07. The highest BCUT2D eigenvalue weighted by molar-refractivity contribution is 5.58. The quantitative estimate of drug-likeness (QED) is 0.674. The van der Waals surface area contributed by atoms with Gasteiger partial charge in [-0.05, 0) is 18.6 Å². The van der Waals surface area contributed by atoms with E-state index in [9.17, 15) is 9.59 Å². The minimum Gasteiger partial charge on any atom is -0.365 e. The van der Waals surface area contributed by atoms with E-state index in [1.165, 1.54) is 24.0 Å². The molecule has 1 atom stereocenters. The van der Waals surface area contributed by atoms with Crippen molar-refractivity contribution in [3.8, 4) is 0 Å². The van der Waals surface area contributed by atoms with Gasteiger partial charge in [0.25, 0.3) is 5.56 Å². The van der Waals surface area contributed by atoms with Gasteiger partial charge >= 0.3 is 5.69 Å². The van der Waals surface area contributed by atoms with Crippen molar-refractivity contribution in [3.63, 3.8) is 0 Å². The molecule has 3 aromatic rings. The predicted molar refractivity (Wildman–Crippen MR) is 113 cm³/mol. The first-order chi connectivity index (χ1) is 14.0. The summed E-state index contributed by atoms with van der Waals surface area (Å²) in [6, 6.07) is 13.3. The first kappa shape index (κ1) is 18.7. The standard InChI is InChI=1S/C20H23N7O2/c1-25-18(11-19(28)26(2)20(25)29)27-9-8-15(12-27)24-17-10-16(21-13-22-17)23-14-6-4-3-5-7-14/h3-7,10-11,13,15H,8-9,12H2,1-2H3,(H2,21,22,23,24)/t15-/m1/s1. The number of nitrogens with zero attached hydrogens (tertiary/aromatic N) is 5. The molecule has 0 amide bonds. The lowest BCUT2D eigenvalue weighted by Gasteiger charge is -2.21. The van der Waals surface area contributed by atoms with E-state index in [1.54, 1.807) is 7.05 Å². The lowest BCUT2D eigenvalue weighted by molar-refractivity contribution is 0.672. The number of nitrogens with one attached hydrogen (secondary N) is 2. The van der Waals surface area contributed by atoms with Gasteiger partial charge in [-0.1, -0.05) is 18.2 Å². The van der Waals surface area contributed by atoms with E-state index in [-0.39, 0.29) is 17.3 Å². The molecule has 1 fully saturated rings. The molecule has 150 valence electrons. The molecule has 2 aromatic heterocycles. The molecule has 1 saturated heterocycles. The Morgan fingerprint density at radius 1 is 1.00 bits per heavy atom. The van der Waals surface area contributed by atoms with E-state index in [4.69, 9.17) is 0 Å². The van der Waals surface area contributed by atoms with Gasteiger partial charge in [0.15, 0.2) is 0 Å². The van der Waals surface area contributed by atoms with Crippen LogP contribution in [0.2, 0.25) is 0 Å². The zero-order chi connectivity index (χ0) is 20.4. The van der Waals surface area contributed by atoms with Crippen LogP contribution in [0, 0.1) is 0 Å². The van der Waals surface area contributed by atoms with Gasteiger partial charge in [0.2, 0.25) is 0 Å². The number of anilines is 4. The largest absolute Gasteiger partial charge is 0.365 e. The van der Waals surface area contributed by atoms with Crippen LogP contribution in [0.15, 0.2) is 58.4 Å². The molecule has 2 N–H and O–H groups in total. The maximum Gasteiger partial charge on any atom is 0.332 e. The van der Waals surface area contributed by atoms with E-state index in [2.05, 4.69) is 20.6 Å². The molecule has 0 aliphatic carbocycles. The maximum atomic E-state index is 12.2. The highest BCUT2D eigenvalue weighted by atomic mass is 16.2. The van der Waals surface area contributed by atoms with Crippen LogP contribution in [0.5, 0.6) is 0 Å². The van der Waals surface area contributed by atoms with E-state index >= 15 is 0 Å². The summed E-state index contributed by atoms with van der Waals surface area (Å²) in [6.07, 6.45) is 2.39. The Labute approximate surface area is 167 Å². The minimum atomic E-state index is -0.323. The fraction of sp³-hybridized carbons (Fsp3) is 0.300. The third kappa shape index (κ3) is 3.98. The van der Waals surface area contributed by atoms with E-state index in [0.29, 0.717) is 18.2 Å². The van der Waals surface area contributed by atoms with Crippen LogP contribution in [-0.2, 0) is 14.1 Å². The molecule has 0 radical (unpaired) electrons. The summed E-state index contributed by atoms with van der Waals surface area (Å²) in [7, 11) is 3.17. The van der Waals surface area contributed by atoms with Crippen molar-refractivity contribution in [3.05, 3.63) is 69.6 Å². The number of benzene rings is 1. The molecule has 0 spiro atoms. The van der Waals surface area contributed by atoms with E-state index < -0.39 is 0 Å². The zero-order valence-electron chi connectivity index (χ0n) is 16.4. The first-order valence-corrected chi connectivity index (χ1v) is 9.44. The van der Waals surface area contributed by atoms with Gasteiger partial charge in [-0.25, -0.2) is 14.8 Å². The minimum absolute atomic E-state index is 0.147. The molecule has 0 unspecified atom stereocenters. The number of para-hydroxylation sites is 1. The summed E-state index contributed by atoms with van der Waals surface area (Å²) in [5.41, 5.74) is 0.332. The molecule has 3 heterocycles. The van der Waals surface area contributed by atoms with Crippen LogP contribution in [0.25, 0.3) is 0 Å². The Morgan fingerprint density at radius 3 is 2.55 bits per heavy atom. The highest BCUT2D eigenvalue weighted by Crippen LogP contribution is 2.21. The average Bonchev–Trinajstić information content (AvgIpc) is 3.18. The van der Waals surface area contributed by atoms with Gasteiger partial charge in [0, 0.05) is 51.0 Å².